The summed E-state index contributed by atoms with van der Waals surface area (Å²) in [5.74, 6) is -0.606. The average Bonchev–Trinajstić information content (AvgIpc) is 2.22. The van der Waals surface area contributed by atoms with E-state index in [0.29, 0.717) is 5.56 Å². The summed E-state index contributed by atoms with van der Waals surface area (Å²) in [6.45, 7) is 10.8. The summed E-state index contributed by atoms with van der Waals surface area (Å²) in [7, 11) is 0. The van der Waals surface area contributed by atoms with Crippen molar-refractivity contribution in [3.05, 3.63) is 34.4 Å². The maximum atomic E-state index is 12.0. The van der Waals surface area contributed by atoms with Gasteiger partial charge in [0.1, 0.15) is 5.60 Å². The lowest BCUT2D eigenvalue weighted by Gasteiger charge is -2.19. The van der Waals surface area contributed by atoms with Crippen molar-refractivity contribution in [3.8, 4) is 0 Å². The highest BCUT2D eigenvalue weighted by Gasteiger charge is 2.19. The van der Waals surface area contributed by atoms with E-state index < -0.39 is 17.7 Å². The molecular weight excluding hydrogens is 258 g/mol. The molecule has 0 radical (unpaired) electrons. The van der Waals surface area contributed by atoms with Crippen molar-refractivity contribution < 1.29 is 19.2 Å². The molecule has 5 heteroatoms. The standard InChI is InChI=1S/C15H21NO4/c1-9-7-10(2)12(11(3)8-9)13(17)20-16-14(18)19-15(4,5)6/h7-8H,1-6H3,(H,16,18). The number of hydrogen-bond acceptors (Lipinski definition) is 4. The van der Waals surface area contributed by atoms with Crippen LogP contribution in [0.25, 0.3) is 0 Å². The fraction of sp³-hybridized carbons (Fsp3) is 0.467. The maximum Gasteiger partial charge on any atom is 0.441 e. The number of rotatable bonds is 1. The van der Waals surface area contributed by atoms with Crippen LogP contribution < -0.4 is 5.48 Å². The summed E-state index contributed by atoms with van der Waals surface area (Å²) in [4.78, 5) is 28.2. The maximum absolute atomic E-state index is 12.0. The van der Waals surface area contributed by atoms with E-state index >= 15 is 0 Å². The molecule has 0 heterocycles. The van der Waals surface area contributed by atoms with Gasteiger partial charge in [-0.15, -0.1) is 5.48 Å². The van der Waals surface area contributed by atoms with Crippen LogP contribution in [-0.4, -0.2) is 17.7 Å². The Kier molecular flexibility index (Phi) is 4.76. The van der Waals surface area contributed by atoms with Crippen LogP contribution in [0.15, 0.2) is 12.1 Å². The molecule has 0 fully saturated rings. The molecule has 1 aromatic carbocycles. The molecule has 1 amide bonds. The van der Waals surface area contributed by atoms with Crippen LogP contribution in [0.3, 0.4) is 0 Å². The molecule has 1 aromatic rings. The number of amides is 1. The summed E-state index contributed by atoms with van der Waals surface area (Å²) in [5.41, 5.74) is 4.47. The zero-order valence-corrected chi connectivity index (χ0v) is 12.8. The van der Waals surface area contributed by atoms with Gasteiger partial charge in [-0.2, -0.15) is 0 Å². The van der Waals surface area contributed by atoms with Crippen LogP contribution >= 0.6 is 0 Å². The number of nitrogens with one attached hydrogen (secondary N) is 1. The Morgan fingerprint density at radius 3 is 2.00 bits per heavy atom. The molecule has 0 spiro atoms. The molecular formula is C15H21NO4. The summed E-state index contributed by atoms with van der Waals surface area (Å²) in [6.07, 6.45) is -0.798. The van der Waals surface area contributed by atoms with E-state index in [1.54, 1.807) is 20.8 Å². The second-order valence-electron chi connectivity index (χ2n) is 5.77. The molecule has 0 aliphatic heterocycles. The van der Waals surface area contributed by atoms with E-state index in [1.165, 1.54) is 0 Å². The van der Waals surface area contributed by atoms with E-state index in [0.717, 1.165) is 16.7 Å². The molecule has 0 aromatic heterocycles. The van der Waals surface area contributed by atoms with Gasteiger partial charge in [0.15, 0.2) is 0 Å². The quantitative estimate of drug-likeness (QED) is 0.802. The van der Waals surface area contributed by atoms with Crippen molar-refractivity contribution in [1.29, 1.82) is 0 Å². The van der Waals surface area contributed by atoms with Crippen molar-refractivity contribution in [2.24, 2.45) is 0 Å². The van der Waals surface area contributed by atoms with E-state index in [9.17, 15) is 9.59 Å². The van der Waals surface area contributed by atoms with Gasteiger partial charge >= 0.3 is 12.1 Å². The monoisotopic (exact) mass is 279 g/mol. The molecule has 0 aliphatic rings. The first-order valence-electron chi connectivity index (χ1n) is 6.38. The highest BCUT2D eigenvalue weighted by molar-refractivity contribution is 5.93. The lowest BCUT2D eigenvalue weighted by atomic mass is 10.0. The Morgan fingerprint density at radius 1 is 1.05 bits per heavy atom. The molecule has 0 unspecified atom stereocenters. The van der Waals surface area contributed by atoms with Gasteiger partial charge in [-0.25, -0.2) is 9.59 Å². The molecule has 110 valence electrons. The van der Waals surface area contributed by atoms with Crippen LogP contribution in [0, 0.1) is 20.8 Å². The van der Waals surface area contributed by atoms with Gasteiger partial charge in [0.05, 0.1) is 5.56 Å². The van der Waals surface area contributed by atoms with Crippen LogP contribution in [0.5, 0.6) is 0 Å². The summed E-state index contributed by atoms with van der Waals surface area (Å²) >= 11 is 0. The van der Waals surface area contributed by atoms with Crippen molar-refractivity contribution in [1.82, 2.24) is 5.48 Å². The molecule has 0 saturated carbocycles. The van der Waals surface area contributed by atoms with Gasteiger partial charge in [0.2, 0.25) is 0 Å². The fourth-order valence-electron chi connectivity index (χ4n) is 1.94. The third kappa shape index (κ3) is 4.57. The number of benzene rings is 1. The number of carbonyl (C=O) groups is 2. The van der Waals surface area contributed by atoms with Crippen molar-refractivity contribution in [2.45, 2.75) is 47.1 Å². The zero-order chi connectivity index (χ0) is 15.5. The lowest BCUT2D eigenvalue weighted by Crippen LogP contribution is -2.34. The van der Waals surface area contributed by atoms with Crippen molar-refractivity contribution in [2.75, 3.05) is 0 Å². The van der Waals surface area contributed by atoms with Gasteiger partial charge in [-0.05, 0) is 52.7 Å². The number of hydrogen-bond donors (Lipinski definition) is 1. The Balaban J connectivity index is 2.71. The second kappa shape index (κ2) is 5.94. The van der Waals surface area contributed by atoms with E-state index in [4.69, 9.17) is 9.57 Å². The highest BCUT2D eigenvalue weighted by atomic mass is 16.7. The van der Waals surface area contributed by atoms with Gasteiger partial charge in [-0.3, -0.25) is 0 Å². The number of carbonyl (C=O) groups excluding carboxylic acids is 2. The topological polar surface area (TPSA) is 64.6 Å². The smallest absolute Gasteiger partial charge is 0.441 e. The minimum absolute atomic E-state index is 0.451. The molecule has 1 rings (SSSR count). The predicted octanol–water partition coefficient (Wildman–Crippen LogP) is 3.21. The average molecular weight is 279 g/mol. The Morgan fingerprint density at radius 2 is 1.55 bits per heavy atom. The Bertz CT molecular complexity index is 506. The lowest BCUT2D eigenvalue weighted by molar-refractivity contribution is -0.00140. The van der Waals surface area contributed by atoms with Gasteiger partial charge in [0.25, 0.3) is 0 Å². The zero-order valence-electron chi connectivity index (χ0n) is 12.8. The number of aryl methyl sites for hydroxylation is 3. The molecule has 20 heavy (non-hydrogen) atoms. The van der Waals surface area contributed by atoms with E-state index in [2.05, 4.69) is 0 Å². The van der Waals surface area contributed by atoms with Crippen LogP contribution in [0.1, 0.15) is 47.8 Å². The minimum atomic E-state index is -0.798. The van der Waals surface area contributed by atoms with Crippen LogP contribution in [0.2, 0.25) is 0 Å². The molecule has 1 N–H and O–H groups in total. The van der Waals surface area contributed by atoms with Gasteiger partial charge in [0, 0.05) is 0 Å². The number of hydroxylamine groups is 1. The molecule has 0 aliphatic carbocycles. The first kappa shape index (κ1) is 16.0. The molecule has 0 atom stereocenters. The van der Waals surface area contributed by atoms with Crippen molar-refractivity contribution in [3.63, 3.8) is 0 Å². The largest absolute Gasteiger partial charge is 0.442 e. The van der Waals surface area contributed by atoms with Gasteiger partial charge in [-0.1, -0.05) is 17.7 Å². The highest BCUT2D eigenvalue weighted by Crippen LogP contribution is 2.17. The number of ether oxygens (including phenoxy) is 1. The predicted molar refractivity (Wildman–Crippen MR) is 75.4 cm³/mol. The molecule has 0 saturated heterocycles. The fourth-order valence-corrected chi connectivity index (χ4v) is 1.94. The summed E-state index contributed by atoms with van der Waals surface area (Å²) < 4.78 is 4.98. The van der Waals surface area contributed by atoms with E-state index in [-0.39, 0.29) is 0 Å². The van der Waals surface area contributed by atoms with Crippen LogP contribution in [-0.2, 0) is 9.57 Å². The minimum Gasteiger partial charge on any atom is -0.442 e. The Labute approximate surface area is 119 Å². The van der Waals surface area contributed by atoms with Crippen LogP contribution in [0.4, 0.5) is 4.79 Å². The van der Waals surface area contributed by atoms with Crippen molar-refractivity contribution >= 4 is 12.1 Å². The normalized spacial score (nSPS) is 10.9. The molecule has 0 bridgehead atoms. The SMILES string of the molecule is Cc1cc(C)c(C(=O)ONC(=O)OC(C)(C)C)c(C)c1. The second-order valence-corrected chi connectivity index (χ2v) is 5.77. The Hall–Kier alpha value is -2.04. The molecule has 5 nitrogen and oxygen atoms in total. The van der Waals surface area contributed by atoms with Gasteiger partial charge < -0.3 is 9.57 Å². The first-order valence-corrected chi connectivity index (χ1v) is 6.38. The summed E-state index contributed by atoms with van der Waals surface area (Å²) in [6, 6.07) is 3.77. The third-order valence-corrected chi connectivity index (χ3v) is 2.51. The summed E-state index contributed by atoms with van der Waals surface area (Å²) in [5, 5.41) is 0. The van der Waals surface area contributed by atoms with E-state index in [1.807, 2.05) is 38.4 Å². The first-order chi connectivity index (χ1) is 9.10. The third-order valence-electron chi connectivity index (χ3n) is 2.51.